The van der Waals surface area contributed by atoms with Crippen molar-refractivity contribution in [2.24, 2.45) is 0 Å². The number of imidazole rings is 1. The van der Waals surface area contributed by atoms with Crippen LogP contribution >= 0.6 is 0 Å². The zero-order chi connectivity index (χ0) is 11.8. The lowest BCUT2D eigenvalue weighted by Crippen LogP contribution is -2.05. The smallest absolute Gasteiger partial charge is 0.264 e. The Kier molecular flexibility index (Phi) is 2.01. The summed E-state index contributed by atoms with van der Waals surface area (Å²) in [6.45, 7) is 1.98. The number of nitrogens with zero attached hydrogens (tertiary/aromatic N) is 3. The molecule has 3 aromatic rings. The summed E-state index contributed by atoms with van der Waals surface area (Å²) < 4.78 is 0. The highest BCUT2D eigenvalue weighted by Crippen LogP contribution is 2.18. The first-order chi connectivity index (χ1) is 8.24. The van der Waals surface area contributed by atoms with Crippen LogP contribution in [0.5, 0.6) is 0 Å². The van der Waals surface area contributed by atoms with Crippen LogP contribution in [0.15, 0.2) is 29.2 Å². The monoisotopic (exact) mass is 227 g/mol. The SMILES string of the molecule is Cc1ccnc2nc(-c3ccc(=O)[nH]n3)[nH]c12. The average molecular weight is 227 g/mol. The van der Waals surface area contributed by atoms with Crippen molar-refractivity contribution in [2.75, 3.05) is 0 Å². The molecule has 0 aliphatic carbocycles. The molecule has 6 nitrogen and oxygen atoms in total. The van der Waals surface area contributed by atoms with Crippen LogP contribution in [0.3, 0.4) is 0 Å². The molecule has 84 valence electrons. The van der Waals surface area contributed by atoms with Gasteiger partial charge in [-0.25, -0.2) is 15.1 Å². The summed E-state index contributed by atoms with van der Waals surface area (Å²) in [6, 6.07) is 4.94. The molecular weight excluding hydrogens is 218 g/mol. The van der Waals surface area contributed by atoms with E-state index in [1.807, 2.05) is 13.0 Å². The molecule has 2 N–H and O–H groups in total. The summed E-state index contributed by atoms with van der Waals surface area (Å²) in [5.41, 5.74) is 2.95. The second-order valence-corrected chi connectivity index (χ2v) is 3.72. The van der Waals surface area contributed by atoms with E-state index in [4.69, 9.17) is 0 Å². The average Bonchev–Trinajstić information content (AvgIpc) is 2.75. The van der Waals surface area contributed by atoms with E-state index in [-0.39, 0.29) is 5.56 Å². The molecule has 0 atom stereocenters. The number of pyridine rings is 1. The summed E-state index contributed by atoms with van der Waals surface area (Å²) in [7, 11) is 0. The summed E-state index contributed by atoms with van der Waals surface area (Å²) in [4.78, 5) is 22.5. The molecule has 17 heavy (non-hydrogen) atoms. The fraction of sp³-hybridized carbons (Fsp3) is 0.0909. The van der Waals surface area contributed by atoms with Crippen LogP contribution in [0.25, 0.3) is 22.7 Å². The van der Waals surface area contributed by atoms with E-state index < -0.39 is 0 Å². The number of hydrogen-bond acceptors (Lipinski definition) is 4. The number of aromatic amines is 2. The molecule has 0 fully saturated rings. The molecule has 0 aliphatic heterocycles. The van der Waals surface area contributed by atoms with Gasteiger partial charge in [0.1, 0.15) is 5.69 Å². The van der Waals surface area contributed by atoms with Gasteiger partial charge in [-0.1, -0.05) is 0 Å². The van der Waals surface area contributed by atoms with Crippen molar-refractivity contribution in [3.8, 4) is 11.5 Å². The van der Waals surface area contributed by atoms with E-state index in [9.17, 15) is 4.79 Å². The van der Waals surface area contributed by atoms with Gasteiger partial charge in [-0.3, -0.25) is 4.79 Å². The minimum atomic E-state index is -0.237. The second-order valence-electron chi connectivity index (χ2n) is 3.72. The van der Waals surface area contributed by atoms with Gasteiger partial charge in [0.15, 0.2) is 11.5 Å². The molecule has 0 bridgehead atoms. The van der Waals surface area contributed by atoms with Gasteiger partial charge in [0, 0.05) is 12.3 Å². The maximum Gasteiger partial charge on any atom is 0.264 e. The highest BCUT2D eigenvalue weighted by Gasteiger charge is 2.08. The Morgan fingerprint density at radius 2 is 2.12 bits per heavy atom. The van der Waals surface area contributed by atoms with E-state index in [2.05, 4.69) is 25.1 Å². The summed E-state index contributed by atoms with van der Waals surface area (Å²) in [5.74, 6) is 0.595. The Hall–Kier alpha value is -2.50. The van der Waals surface area contributed by atoms with Gasteiger partial charge >= 0.3 is 0 Å². The largest absolute Gasteiger partial charge is 0.335 e. The van der Waals surface area contributed by atoms with Crippen molar-refractivity contribution in [1.29, 1.82) is 0 Å². The molecule has 0 amide bonds. The molecule has 0 saturated heterocycles. The van der Waals surface area contributed by atoms with Crippen LogP contribution in [0.1, 0.15) is 5.56 Å². The van der Waals surface area contributed by atoms with Gasteiger partial charge in [0.05, 0.1) is 5.52 Å². The number of hydrogen-bond donors (Lipinski definition) is 2. The van der Waals surface area contributed by atoms with E-state index in [0.29, 0.717) is 17.2 Å². The van der Waals surface area contributed by atoms with Crippen LogP contribution in [-0.4, -0.2) is 25.1 Å². The minimum Gasteiger partial charge on any atom is -0.335 e. The number of H-pyrrole nitrogens is 2. The number of fused-ring (bicyclic) bond motifs is 1. The van der Waals surface area contributed by atoms with Crippen LogP contribution in [0.2, 0.25) is 0 Å². The lowest BCUT2D eigenvalue weighted by Gasteiger charge is -1.92. The summed E-state index contributed by atoms with van der Waals surface area (Å²) in [5, 5.41) is 6.29. The Morgan fingerprint density at radius 3 is 2.82 bits per heavy atom. The zero-order valence-electron chi connectivity index (χ0n) is 9.06. The van der Waals surface area contributed by atoms with Crippen molar-refractivity contribution >= 4 is 11.2 Å². The fourth-order valence-corrected chi connectivity index (χ4v) is 1.63. The standard InChI is InChI=1S/C11H9N5O/c1-6-4-5-12-11-9(6)13-10(14-11)7-2-3-8(17)16-15-7/h2-5H,1H3,(H,16,17)(H,12,13,14). The van der Waals surface area contributed by atoms with Crippen LogP contribution in [-0.2, 0) is 0 Å². The number of nitrogens with one attached hydrogen (secondary N) is 2. The number of aromatic nitrogens is 5. The Balaban J connectivity index is 2.21. The summed E-state index contributed by atoms with van der Waals surface area (Å²) in [6.07, 6.45) is 1.71. The topological polar surface area (TPSA) is 87.3 Å². The van der Waals surface area contributed by atoms with Crippen LogP contribution in [0.4, 0.5) is 0 Å². The molecule has 0 unspecified atom stereocenters. The molecule has 3 heterocycles. The molecule has 0 spiro atoms. The normalized spacial score (nSPS) is 10.9. The van der Waals surface area contributed by atoms with Gasteiger partial charge in [-0.05, 0) is 24.6 Å². The fourth-order valence-electron chi connectivity index (χ4n) is 1.63. The van der Waals surface area contributed by atoms with Gasteiger partial charge < -0.3 is 4.98 Å². The lowest BCUT2D eigenvalue weighted by atomic mass is 10.3. The van der Waals surface area contributed by atoms with Crippen molar-refractivity contribution in [1.82, 2.24) is 25.1 Å². The minimum absolute atomic E-state index is 0.237. The van der Waals surface area contributed by atoms with E-state index in [1.54, 1.807) is 12.3 Å². The first-order valence-electron chi connectivity index (χ1n) is 5.11. The summed E-state index contributed by atoms with van der Waals surface area (Å²) >= 11 is 0. The Labute approximate surface area is 95.8 Å². The molecule has 0 aromatic carbocycles. The number of rotatable bonds is 1. The molecule has 0 saturated carbocycles. The van der Waals surface area contributed by atoms with Crippen LogP contribution < -0.4 is 5.56 Å². The van der Waals surface area contributed by atoms with E-state index in [1.165, 1.54) is 6.07 Å². The maximum atomic E-state index is 10.9. The lowest BCUT2D eigenvalue weighted by molar-refractivity contribution is 0.985. The highest BCUT2D eigenvalue weighted by molar-refractivity contribution is 5.77. The highest BCUT2D eigenvalue weighted by atomic mass is 16.1. The maximum absolute atomic E-state index is 10.9. The quantitative estimate of drug-likeness (QED) is 0.649. The zero-order valence-corrected chi connectivity index (χ0v) is 9.06. The molecule has 0 radical (unpaired) electrons. The molecular formula is C11H9N5O. The van der Waals surface area contributed by atoms with Crippen molar-refractivity contribution in [3.05, 3.63) is 40.3 Å². The van der Waals surface area contributed by atoms with Gasteiger partial charge in [-0.15, -0.1) is 0 Å². The van der Waals surface area contributed by atoms with Crippen LogP contribution in [0, 0.1) is 6.92 Å². The van der Waals surface area contributed by atoms with E-state index >= 15 is 0 Å². The third kappa shape index (κ3) is 1.59. The number of aryl methyl sites for hydroxylation is 1. The Bertz CT molecular complexity index is 722. The molecule has 3 rings (SSSR count). The second kappa shape index (κ2) is 3.51. The first kappa shape index (κ1) is 9.71. The first-order valence-corrected chi connectivity index (χ1v) is 5.11. The van der Waals surface area contributed by atoms with Gasteiger partial charge in [0.2, 0.25) is 0 Å². The predicted molar refractivity (Wildman–Crippen MR) is 62.5 cm³/mol. The Morgan fingerprint density at radius 1 is 1.24 bits per heavy atom. The van der Waals surface area contributed by atoms with E-state index in [0.717, 1.165) is 11.1 Å². The third-order valence-corrected chi connectivity index (χ3v) is 2.52. The van der Waals surface area contributed by atoms with Gasteiger partial charge in [-0.2, -0.15) is 5.10 Å². The molecule has 0 aliphatic rings. The molecule has 6 heteroatoms. The molecule has 3 aromatic heterocycles. The van der Waals surface area contributed by atoms with Crippen molar-refractivity contribution in [3.63, 3.8) is 0 Å². The van der Waals surface area contributed by atoms with Crippen molar-refractivity contribution in [2.45, 2.75) is 6.92 Å². The van der Waals surface area contributed by atoms with Crippen molar-refractivity contribution < 1.29 is 0 Å². The predicted octanol–water partition coefficient (Wildman–Crippen LogP) is 1.02. The van der Waals surface area contributed by atoms with Gasteiger partial charge in [0.25, 0.3) is 5.56 Å². The third-order valence-electron chi connectivity index (χ3n) is 2.52.